The number of amides is 1. The number of primary amides is 1. The van der Waals surface area contributed by atoms with Gasteiger partial charge in [-0.3, -0.25) is 9.89 Å². The Morgan fingerprint density at radius 3 is 3.14 bits per heavy atom. The smallest absolute Gasteiger partial charge is 0.241 e. The molecule has 3 N–H and O–H groups in total. The van der Waals surface area contributed by atoms with Gasteiger partial charge in [-0.05, 0) is 18.2 Å². The van der Waals surface area contributed by atoms with Crippen LogP contribution in [0.5, 0.6) is 0 Å². The zero-order chi connectivity index (χ0) is 9.97. The number of aromatic amines is 1. The van der Waals surface area contributed by atoms with Crippen LogP contribution in [-0.4, -0.2) is 21.1 Å². The minimum atomic E-state index is -0.489. The number of nitrogens with one attached hydrogen (secondary N) is 1. The summed E-state index contributed by atoms with van der Waals surface area (Å²) in [6.45, 7) is 0. The first kappa shape index (κ1) is 8.43. The number of H-pyrrole nitrogens is 1. The van der Waals surface area contributed by atoms with E-state index >= 15 is 0 Å². The number of hydrogen-bond acceptors (Lipinski definition) is 3. The van der Waals surface area contributed by atoms with Crippen molar-refractivity contribution in [3.63, 3.8) is 0 Å². The molecule has 2 heterocycles. The maximum atomic E-state index is 10.5. The van der Waals surface area contributed by atoms with Crippen LogP contribution in [0.4, 0.5) is 0 Å². The van der Waals surface area contributed by atoms with Gasteiger partial charge in [0.25, 0.3) is 0 Å². The quantitative estimate of drug-likeness (QED) is 0.671. The molecule has 0 atom stereocenters. The fourth-order valence-corrected chi connectivity index (χ4v) is 1.10. The Bertz CT molecular complexity index is 500. The standard InChI is InChI=1S/C9H8N4O/c10-8(14)4-3-7-2-1-6-5-11-13-9(6)12-7/h1-5H,(H2,10,14)(H,11,12,13). The molecule has 2 aromatic rings. The van der Waals surface area contributed by atoms with Gasteiger partial charge in [0.2, 0.25) is 5.91 Å². The van der Waals surface area contributed by atoms with Crippen LogP contribution in [0.25, 0.3) is 17.1 Å². The highest BCUT2D eigenvalue weighted by Crippen LogP contribution is 2.09. The molecule has 0 bridgehead atoms. The van der Waals surface area contributed by atoms with E-state index in [1.807, 2.05) is 6.07 Å². The number of carbonyl (C=O) groups excluding carboxylic acids is 1. The van der Waals surface area contributed by atoms with Gasteiger partial charge in [0, 0.05) is 11.5 Å². The monoisotopic (exact) mass is 188 g/mol. The van der Waals surface area contributed by atoms with E-state index in [0.717, 1.165) is 5.39 Å². The lowest BCUT2D eigenvalue weighted by Crippen LogP contribution is -2.05. The fraction of sp³-hybridized carbons (Fsp3) is 0. The molecule has 0 radical (unpaired) electrons. The third kappa shape index (κ3) is 1.61. The lowest BCUT2D eigenvalue weighted by molar-refractivity contribution is -0.113. The van der Waals surface area contributed by atoms with Gasteiger partial charge in [0.1, 0.15) is 0 Å². The lowest BCUT2D eigenvalue weighted by atomic mass is 10.3. The molecule has 1 amide bonds. The van der Waals surface area contributed by atoms with E-state index in [4.69, 9.17) is 5.73 Å². The summed E-state index contributed by atoms with van der Waals surface area (Å²) in [5, 5.41) is 7.50. The Morgan fingerprint density at radius 2 is 2.36 bits per heavy atom. The van der Waals surface area contributed by atoms with Gasteiger partial charge in [-0.2, -0.15) is 5.10 Å². The van der Waals surface area contributed by atoms with E-state index in [9.17, 15) is 4.79 Å². The highest BCUT2D eigenvalue weighted by atomic mass is 16.1. The van der Waals surface area contributed by atoms with E-state index in [1.165, 1.54) is 6.08 Å². The maximum absolute atomic E-state index is 10.5. The topological polar surface area (TPSA) is 84.7 Å². The van der Waals surface area contributed by atoms with E-state index < -0.39 is 5.91 Å². The molecule has 0 aromatic carbocycles. The minimum Gasteiger partial charge on any atom is -0.366 e. The molecule has 0 spiro atoms. The van der Waals surface area contributed by atoms with Gasteiger partial charge in [0.15, 0.2) is 5.65 Å². The molecule has 0 fully saturated rings. The number of aromatic nitrogens is 3. The molecule has 14 heavy (non-hydrogen) atoms. The maximum Gasteiger partial charge on any atom is 0.241 e. The number of carbonyl (C=O) groups is 1. The number of nitrogens with zero attached hydrogens (tertiary/aromatic N) is 2. The Labute approximate surface area is 79.6 Å². The summed E-state index contributed by atoms with van der Waals surface area (Å²) in [5.74, 6) is -0.489. The molecule has 0 aliphatic rings. The second kappa shape index (κ2) is 3.29. The minimum absolute atomic E-state index is 0.489. The van der Waals surface area contributed by atoms with Crippen LogP contribution in [0.1, 0.15) is 5.69 Å². The molecular weight excluding hydrogens is 180 g/mol. The van der Waals surface area contributed by atoms with Crippen molar-refractivity contribution in [2.45, 2.75) is 0 Å². The number of fused-ring (bicyclic) bond motifs is 1. The summed E-state index contributed by atoms with van der Waals surface area (Å²) in [6, 6.07) is 3.66. The van der Waals surface area contributed by atoms with E-state index in [-0.39, 0.29) is 0 Å². The highest BCUT2D eigenvalue weighted by Gasteiger charge is 1.96. The third-order valence-electron chi connectivity index (χ3n) is 1.74. The van der Waals surface area contributed by atoms with Crippen LogP contribution in [0, 0.1) is 0 Å². The molecular formula is C9H8N4O. The first-order chi connectivity index (χ1) is 6.75. The number of pyridine rings is 1. The molecule has 5 heteroatoms. The lowest BCUT2D eigenvalue weighted by Gasteiger charge is -1.91. The molecule has 0 aliphatic carbocycles. The summed E-state index contributed by atoms with van der Waals surface area (Å²) >= 11 is 0. The van der Waals surface area contributed by atoms with Crippen LogP contribution >= 0.6 is 0 Å². The van der Waals surface area contributed by atoms with Crippen molar-refractivity contribution in [1.82, 2.24) is 15.2 Å². The van der Waals surface area contributed by atoms with E-state index in [2.05, 4.69) is 15.2 Å². The van der Waals surface area contributed by atoms with Crippen molar-refractivity contribution < 1.29 is 4.79 Å². The SMILES string of the molecule is NC(=O)C=Cc1ccc2cn[nH]c2n1. The fourth-order valence-electron chi connectivity index (χ4n) is 1.10. The second-order valence-electron chi connectivity index (χ2n) is 2.78. The van der Waals surface area contributed by atoms with Gasteiger partial charge in [-0.1, -0.05) is 0 Å². The van der Waals surface area contributed by atoms with Crippen LogP contribution in [0.15, 0.2) is 24.4 Å². The summed E-state index contributed by atoms with van der Waals surface area (Å²) < 4.78 is 0. The predicted octanol–water partition coefficient (Wildman–Crippen LogP) is 0.456. The first-order valence-corrected chi connectivity index (χ1v) is 4.03. The van der Waals surface area contributed by atoms with Gasteiger partial charge in [-0.15, -0.1) is 0 Å². The predicted molar refractivity (Wildman–Crippen MR) is 52.1 cm³/mol. The number of nitrogens with two attached hydrogens (primary N) is 1. The van der Waals surface area contributed by atoms with Crippen molar-refractivity contribution in [1.29, 1.82) is 0 Å². The van der Waals surface area contributed by atoms with Gasteiger partial charge < -0.3 is 5.73 Å². The van der Waals surface area contributed by atoms with E-state index in [1.54, 1.807) is 18.3 Å². The summed E-state index contributed by atoms with van der Waals surface area (Å²) in [7, 11) is 0. The molecule has 2 aromatic heterocycles. The normalized spacial score (nSPS) is 11.1. The second-order valence-corrected chi connectivity index (χ2v) is 2.78. The summed E-state index contributed by atoms with van der Waals surface area (Å²) in [5.41, 5.74) is 6.32. The molecule has 5 nitrogen and oxygen atoms in total. The summed E-state index contributed by atoms with van der Waals surface area (Å²) in [6.07, 6.45) is 4.51. The molecule has 0 saturated heterocycles. The van der Waals surface area contributed by atoms with Crippen LogP contribution < -0.4 is 5.73 Å². The van der Waals surface area contributed by atoms with Crippen molar-refractivity contribution in [2.75, 3.05) is 0 Å². The van der Waals surface area contributed by atoms with Crippen molar-refractivity contribution in [2.24, 2.45) is 5.73 Å². The first-order valence-electron chi connectivity index (χ1n) is 4.03. The van der Waals surface area contributed by atoms with Crippen molar-refractivity contribution in [3.8, 4) is 0 Å². The van der Waals surface area contributed by atoms with Gasteiger partial charge in [-0.25, -0.2) is 4.98 Å². The molecule has 70 valence electrons. The largest absolute Gasteiger partial charge is 0.366 e. The molecule has 0 aliphatic heterocycles. The molecule has 0 unspecified atom stereocenters. The Morgan fingerprint density at radius 1 is 1.50 bits per heavy atom. The number of rotatable bonds is 2. The number of hydrogen-bond donors (Lipinski definition) is 2. The van der Waals surface area contributed by atoms with E-state index in [0.29, 0.717) is 11.3 Å². The van der Waals surface area contributed by atoms with Crippen LogP contribution in [-0.2, 0) is 4.79 Å². The average molecular weight is 188 g/mol. The van der Waals surface area contributed by atoms with Gasteiger partial charge in [0.05, 0.1) is 11.9 Å². The van der Waals surface area contributed by atoms with Crippen molar-refractivity contribution >= 4 is 23.0 Å². The third-order valence-corrected chi connectivity index (χ3v) is 1.74. The van der Waals surface area contributed by atoms with Crippen LogP contribution in [0.2, 0.25) is 0 Å². The Hall–Kier alpha value is -2.17. The average Bonchev–Trinajstić information content (AvgIpc) is 2.61. The Kier molecular flexibility index (Phi) is 1.98. The highest BCUT2D eigenvalue weighted by molar-refractivity contribution is 5.90. The van der Waals surface area contributed by atoms with Crippen LogP contribution in [0.3, 0.4) is 0 Å². The summed E-state index contributed by atoms with van der Waals surface area (Å²) in [4.78, 5) is 14.7. The molecule has 2 rings (SSSR count). The molecule has 0 saturated carbocycles. The zero-order valence-electron chi connectivity index (χ0n) is 7.27. The van der Waals surface area contributed by atoms with Crippen molar-refractivity contribution in [3.05, 3.63) is 30.1 Å². The Balaban J connectivity index is 2.39. The zero-order valence-corrected chi connectivity index (χ0v) is 7.27. The van der Waals surface area contributed by atoms with Gasteiger partial charge >= 0.3 is 0 Å².